The summed E-state index contributed by atoms with van der Waals surface area (Å²) >= 11 is 3.49. The number of rotatable bonds is 0. The van der Waals surface area contributed by atoms with Gasteiger partial charge in [-0.25, -0.2) is 0 Å². The van der Waals surface area contributed by atoms with E-state index < -0.39 is 0 Å². The quantitative estimate of drug-likeness (QED) is 0.730. The lowest BCUT2D eigenvalue weighted by Gasteiger charge is -2.16. The predicted octanol–water partition coefficient (Wildman–Crippen LogP) is 1.80. The van der Waals surface area contributed by atoms with Crippen molar-refractivity contribution in [2.24, 2.45) is 0 Å². The summed E-state index contributed by atoms with van der Waals surface area (Å²) in [6, 6.07) is 2.19. The van der Waals surface area contributed by atoms with Crippen LogP contribution in [0.4, 0.5) is 0 Å². The maximum atomic E-state index is 4.50. The Balaban J connectivity index is 2.49. The summed E-state index contributed by atoms with van der Waals surface area (Å²) < 4.78 is 1.13. The van der Waals surface area contributed by atoms with Crippen LogP contribution in [0.25, 0.3) is 0 Å². The van der Waals surface area contributed by atoms with Gasteiger partial charge in [0.1, 0.15) is 0 Å². The molecule has 0 bridgehead atoms. The van der Waals surface area contributed by atoms with E-state index in [0.29, 0.717) is 0 Å². The van der Waals surface area contributed by atoms with E-state index in [1.165, 1.54) is 11.3 Å². The summed E-state index contributed by atoms with van der Waals surface area (Å²) in [5.74, 6) is 0. The zero-order valence-electron chi connectivity index (χ0n) is 7.02. The molecule has 2 nitrogen and oxygen atoms in total. The van der Waals surface area contributed by atoms with E-state index in [0.717, 1.165) is 29.7 Å². The second-order valence-electron chi connectivity index (χ2n) is 3.09. The molecule has 3 heteroatoms. The molecule has 0 atom stereocenters. The largest absolute Gasteiger partial charge is 0.311 e. The van der Waals surface area contributed by atoms with Crippen LogP contribution in [0.1, 0.15) is 17.0 Å². The molecule has 0 amide bonds. The predicted molar refractivity (Wildman–Crippen MR) is 52.1 cm³/mol. The molecule has 1 aliphatic rings. The van der Waals surface area contributed by atoms with Crippen LogP contribution in [-0.4, -0.2) is 11.5 Å². The van der Waals surface area contributed by atoms with Gasteiger partial charge in [0.05, 0.1) is 11.4 Å². The molecular weight excluding hydrogens is 216 g/mol. The van der Waals surface area contributed by atoms with Crippen LogP contribution in [0.3, 0.4) is 0 Å². The number of hydrogen-bond acceptors (Lipinski definition) is 2. The molecule has 1 N–H and O–H groups in total. The maximum absolute atomic E-state index is 4.50. The van der Waals surface area contributed by atoms with Crippen LogP contribution in [0.5, 0.6) is 0 Å². The lowest BCUT2D eigenvalue weighted by Crippen LogP contribution is -2.24. The Kier molecular flexibility index (Phi) is 2.15. The number of aryl methyl sites for hydroxylation is 1. The van der Waals surface area contributed by atoms with Gasteiger partial charge in [-0.2, -0.15) is 0 Å². The first-order chi connectivity index (χ1) is 5.77. The Labute approximate surface area is 80.5 Å². The third kappa shape index (κ3) is 1.39. The van der Waals surface area contributed by atoms with Gasteiger partial charge in [0.25, 0.3) is 0 Å². The fourth-order valence-electron chi connectivity index (χ4n) is 1.47. The van der Waals surface area contributed by atoms with Gasteiger partial charge >= 0.3 is 0 Å². The molecule has 0 saturated heterocycles. The second kappa shape index (κ2) is 3.15. The van der Waals surface area contributed by atoms with Gasteiger partial charge in [-0.1, -0.05) is 0 Å². The zero-order chi connectivity index (χ0) is 8.55. The van der Waals surface area contributed by atoms with Crippen molar-refractivity contribution < 1.29 is 0 Å². The van der Waals surface area contributed by atoms with Gasteiger partial charge in [0.15, 0.2) is 0 Å². The summed E-state index contributed by atoms with van der Waals surface area (Å²) in [6.07, 6.45) is 1.10. The van der Waals surface area contributed by atoms with E-state index in [1.807, 2.05) is 6.92 Å². The van der Waals surface area contributed by atoms with Crippen molar-refractivity contribution in [3.63, 3.8) is 0 Å². The molecular formula is C9H11BrN2. The first-order valence-electron chi connectivity index (χ1n) is 4.13. The molecule has 0 fully saturated rings. The Morgan fingerprint density at radius 2 is 2.42 bits per heavy atom. The van der Waals surface area contributed by atoms with Crippen molar-refractivity contribution in [1.82, 2.24) is 10.3 Å². The lowest BCUT2D eigenvalue weighted by atomic mass is 10.1. The molecule has 0 aliphatic carbocycles. The maximum Gasteiger partial charge on any atom is 0.0578 e. The van der Waals surface area contributed by atoms with E-state index >= 15 is 0 Å². The number of nitrogens with one attached hydrogen (secondary N) is 1. The molecule has 0 radical (unpaired) electrons. The third-order valence-corrected chi connectivity index (χ3v) is 2.99. The summed E-state index contributed by atoms with van der Waals surface area (Å²) in [5, 5.41) is 3.31. The minimum absolute atomic E-state index is 0.920. The minimum atomic E-state index is 0.920. The van der Waals surface area contributed by atoms with E-state index in [1.54, 1.807) is 0 Å². The normalized spacial score (nSPS) is 15.8. The van der Waals surface area contributed by atoms with Crippen LogP contribution in [0, 0.1) is 6.92 Å². The Morgan fingerprint density at radius 1 is 1.58 bits per heavy atom. The molecule has 2 rings (SSSR count). The smallest absolute Gasteiger partial charge is 0.0578 e. The molecule has 2 heterocycles. The summed E-state index contributed by atoms with van der Waals surface area (Å²) in [5.41, 5.74) is 3.67. The fraction of sp³-hybridized carbons (Fsp3) is 0.444. The van der Waals surface area contributed by atoms with Crippen molar-refractivity contribution in [3.05, 3.63) is 27.5 Å². The highest BCUT2D eigenvalue weighted by Gasteiger charge is 2.11. The van der Waals surface area contributed by atoms with Crippen molar-refractivity contribution in [3.8, 4) is 0 Å². The zero-order valence-corrected chi connectivity index (χ0v) is 8.61. The highest BCUT2D eigenvalue weighted by molar-refractivity contribution is 9.10. The Bertz CT molecular complexity index is 279. The number of hydrogen-bond donors (Lipinski definition) is 1. The van der Waals surface area contributed by atoms with Gasteiger partial charge in [-0.05, 0) is 47.4 Å². The number of fused-ring (bicyclic) bond motifs is 1. The number of aromatic nitrogens is 1. The average molecular weight is 227 g/mol. The van der Waals surface area contributed by atoms with Gasteiger partial charge < -0.3 is 5.32 Å². The number of halogens is 1. The molecule has 0 spiro atoms. The summed E-state index contributed by atoms with van der Waals surface area (Å²) in [4.78, 5) is 4.50. The van der Waals surface area contributed by atoms with E-state index in [4.69, 9.17) is 0 Å². The van der Waals surface area contributed by atoms with Crippen LogP contribution >= 0.6 is 15.9 Å². The van der Waals surface area contributed by atoms with Crippen molar-refractivity contribution in [2.75, 3.05) is 6.54 Å². The summed E-state index contributed by atoms with van der Waals surface area (Å²) in [6.45, 7) is 4.02. The lowest BCUT2D eigenvalue weighted by molar-refractivity contribution is 0.624. The van der Waals surface area contributed by atoms with Crippen LogP contribution in [0.2, 0.25) is 0 Å². The highest BCUT2D eigenvalue weighted by Crippen LogP contribution is 2.20. The molecule has 1 aromatic heterocycles. The van der Waals surface area contributed by atoms with Crippen molar-refractivity contribution in [1.29, 1.82) is 0 Å². The second-order valence-corrected chi connectivity index (χ2v) is 3.94. The van der Waals surface area contributed by atoms with Crippen molar-refractivity contribution in [2.45, 2.75) is 19.9 Å². The number of pyridine rings is 1. The highest BCUT2D eigenvalue weighted by atomic mass is 79.9. The fourth-order valence-corrected chi connectivity index (χ4v) is 1.83. The summed E-state index contributed by atoms with van der Waals surface area (Å²) in [7, 11) is 0. The van der Waals surface area contributed by atoms with Gasteiger partial charge in [-0.3, -0.25) is 4.98 Å². The first-order valence-corrected chi connectivity index (χ1v) is 4.92. The molecule has 0 unspecified atom stereocenters. The van der Waals surface area contributed by atoms with Gasteiger partial charge in [0, 0.05) is 11.0 Å². The Hall–Kier alpha value is -0.410. The van der Waals surface area contributed by atoms with E-state index in [2.05, 4.69) is 32.3 Å². The Morgan fingerprint density at radius 3 is 3.25 bits per heavy atom. The SMILES string of the molecule is Cc1nc2c(cc1Br)CCNC2. The molecule has 1 aromatic rings. The van der Waals surface area contributed by atoms with Crippen molar-refractivity contribution >= 4 is 15.9 Å². The van der Waals surface area contributed by atoms with Crippen LogP contribution < -0.4 is 5.32 Å². The van der Waals surface area contributed by atoms with Crippen LogP contribution in [0.15, 0.2) is 10.5 Å². The number of nitrogens with zero attached hydrogens (tertiary/aromatic N) is 1. The van der Waals surface area contributed by atoms with E-state index in [9.17, 15) is 0 Å². The molecule has 64 valence electrons. The third-order valence-electron chi connectivity index (χ3n) is 2.18. The van der Waals surface area contributed by atoms with E-state index in [-0.39, 0.29) is 0 Å². The molecule has 12 heavy (non-hydrogen) atoms. The first kappa shape index (κ1) is 8.20. The molecule has 0 saturated carbocycles. The minimum Gasteiger partial charge on any atom is -0.311 e. The monoisotopic (exact) mass is 226 g/mol. The standard InChI is InChI=1S/C9H11BrN2/c1-6-8(10)4-7-2-3-11-5-9(7)12-6/h4,11H,2-3,5H2,1H3. The average Bonchev–Trinajstić information content (AvgIpc) is 2.07. The molecule has 1 aliphatic heterocycles. The van der Waals surface area contributed by atoms with Crippen LogP contribution in [-0.2, 0) is 13.0 Å². The topological polar surface area (TPSA) is 24.9 Å². The van der Waals surface area contributed by atoms with Gasteiger partial charge in [-0.15, -0.1) is 0 Å². The molecule has 0 aromatic carbocycles. The van der Waals surface area contributed by atoms with Gasteiger partial charge in [0.2, 0.25) is 0 Å².